The van der Waals surface area contributed by atoms with Crippen molar-refractivity contribution in [3.05, 3.63) is 23.9 Å². The molecule has 1 aromatic heterocycles. The van der Waals surface area contributed by atoms with Gasteiger partial charge in [0.1, 0.15) is 5.82 Å². The average molecular weight is 247 g/mol. The van der Waals surface area contributed by atoms with Crippen LogP contribution in [0.3, 0.4) is 0 Å². The monoisotopic (exact) mass is 247 g/mol. The minimum absolute atomic E-state index is 0.0398. The van der Waals surface area contributed by atoms with Crippen molar-refractivity contribution in [2.24, 2.45) is 5.92 Å². The van der Waals surface area contributed by atoms with E-state index < -0.39 is 0 Å². The third-order valence-corrected chi connectivity index (χ3v) is 3.64. The molecule has 1 fully saturated rings. The third-order valence-electron chi connectivity index (χ3n) is 3.64. The summed E-state index contributed by atoms with van der Waals surface area (Å²) in [6.07, 6.45) is 7.37. The molecule has 98 valence electrons. The van der Waals surface area contributed by atoms with Crippen molar-refractivity contribution in [3.63, 3.8) is 0 Å². The summed E-state index contributed by atoms with van der Waals surface area (Å²) < 4.78 is 0. The van der Waals surface area contributed by atoms with Gasteiger partial charge >= 0.3 is 0 Å². The van der Waals surface area contributed by atoms with E-state index in [2.05, 4.69) is 17.2 Å². The fraction of sp³-hybridized carbons (Fsp3) is 0.571. The Bertz CT molecular complexity index is 402. The Morgan fingerprint density at radius 2 is 2.17 bits per heavy atom. The van der Waals surface area contributed by atoms with E-state index in [4.69, 9.17) is 5.73 Å². The number of nitrogen functional groups attached to an aromatic ring is 1. The number of nitrogens with zero attached hydrogens (tertiary/aromatic N) is 1. The zero-order valence-electron chi connectivity index (χ0n) is 10.9. The minimum Gasteiger partial charge on any atom is -0.384 e. The van der Waals surface area contributed by atoms with Crippen LogP contribution in [0.15, 0.2) is 18.3 Å². The number of carbonyl (C=O) groups is 1. The molecule has 1 saturated carbocycles. The zero-order valence-corrected chi connectivity index (χ0v) is 10.9. The summed E-state index contributed by atoms with van der Waals surface area (Å²) in [4.78, 5) is 16.0. The number of rotatable bonds is 2. The molecule has 4 heteroatoms. The summed E-state index contributed by atoms with van der Waals surface area (Å²) in [6.45, 7) is 2.29. The van der Waals surface area contributed by atoms with E-state index in [1.54, 1.807) is 12.1 Å². The average Bonchev–Trinajstić information content (AvgIpc) is 2.55. The number of anilines is 1. The second kappa shape index (κ2) is 5.85. The molecule has 18 heavy (non-hydrogen) atoms. The summed E-state index contributed by atoms with van der Waals surface area (Å²) in [7, 11) is 0. The maximum absolute atomic E-state index is 12.0. The molecule has 4 nitrogen and oxygen atoms in total. The van der Waals surface area contributed by atoms with Crippen molar-refractivity contribution >= 4 is 11.7 Å². The Kier molecular flexibility index (Phi) is 4.18. The number of nitrogens with two attached hydrogens (primary N) is 1. The van der Waals surface area contributed by atoms with E-state index >= 15 is 0 Å². The van der Waals surface area contributed by atoms with Crippen molar-refractivity contribution < 1.29 is 4.79 Å². The van der Waals surface area contributed by atoms with Gasteiger partial charge in [0, 0.05) is 12.2 Å². The fourth-order valence-corrected chi connectivity index (χ4v) is 2.44. The van der Waals surface area contributed by atoms with E-state index in [1.807, 2.05) is 0 Å². The highest BCUT2D eigenvalue weighted by molar-refractivity contribution is 5.94. The molecule has 1 aliphatic rings. The number of pyridine rings is 1. The van der Waals surface area contributed by atoms with Crippen molar-refractivity contribution in [2.75, 3.05) is 5.73 Å². The first kappa shape index (κ1) is 12.9. The van der Waals surface area contributed by atoms with Gasteiger partial charge in [-0.15, -0.1) is 0 Å². The van der Waals surface area contributed by atoms with Crippen LogP contribution in [0.2, 0.25) is 0 Å². The van der Waals surface area contributed by atoms with Gasteiger partial charge in [-0.1, -0.05) is 19.8 Å². The van der Waals surface area contributed by atoms with Crippen molar-refractivity contribution in [2.45, 2.75) is 45.1 Å². The molecule has 0 bridgehead atoms. The molecule has 3 N–H and O–H groups in total. The standard InChI is InChI=1S/C14H21N3O/c1-10-3-2-4-12(7-5-10)17-14(18)11-6-8-13(15)16-9-11/h6,8-10,12H,2-5,7H2,1H3,(H2,15,16)(H,17,18). The molecule has 0 aromatic carbocycles. The maximum Gasteiger partial charge on any atom is 0.253 e. The second-order valence-electron chi connectivity index (χ2n) is 5.26. The lowest BCUT2D eigenvalue weighted by Crippen LogP contribution is -2.34. The lowest BCUT2D eigenvalue weighted by Gasteiger charge is -2.16. The Balaban J connectivity index is 1.92. The van der Waals surface area contributed by atoms with Gasteiger partial charge in [0.15, 0.2) is 0 Å². The van der Waals surface area contributed by atoms with Gasteiger partial charge in [-0.3, -0.25) is 4.79 Å². The van der Waals surface area contributed by atoms with E-state index in [0.29, 0.717) is 17.4 Å². The van der Waals surface area contributed by atoms with Crippen LogP contribution in [0.4, 0.5) is 5.82 Å². The van der Waals surface area contributed by atoms with Gasteiger partial charge in [0.2, 0.25) is 0 Å². The molecule has 1 aliphatic carbocycles. The summed E-state index contributed by atoms with van der Waals surface area (Å²) in [5, 5.41) is 3.10. The van der Waals surface area contributed by atoms with Gasteiger partial charge < -0.3 is 11.1 Å². The molecule has 0 saturated heterocycles. The first-order chi connectivity index (χ1) is 8.65. The lowest BCUT2D eigenvalue weighted by atomic mass is 10.0. The molecule has 2 atom stereocenters. The Morgan fingerprint density at radius 3 is 2.89 bits per heavy atom. The first-order valence-corrected chi connectivity index (χ1v) is 6.67. The van der Waals surface area contributed by atoms with Crippen LogP contribution < -0.4 is 11.1 Å². The highest BCUT2D eigenvalue weighted by atomic mass is 16.1. The van der Waals surface area contributed by atoms with Crippen molar-refractivity contribution in [3.8, 4) is 0 Å². The predicted molar refractivity (Wildman–Crippen MR) is 72.2 cm³/mol. The van der Waals surface area contributed by atoms with Crippen LogP contribution in [-0.2, 0) is 0 Å². The van der Waals surface area contributed by atoms with Crippen LogP contribution in [0.1, 0.15) is 49.4 Å². The largest absolute Gasteiger partial charge is 0.384 e. The van der Waals surface area contributed by atoms with Gasteiger partial charge in [-0.05, 0) is 37.3 Å². The number of carbonyl (C=O) groups excluding carboxylic acids is 1. The van der Waals surface area contributed by atoms with E-state index in [9.17, 15) is 4.79 Å². The SMILES string of the molecule is CC1CCCC(NC(=O)c2ccc(N)nc2)CC1. The smallest absolute Gasteiger partial charge is 0.253 e. The number of aromatic nitrogens is 1. The van der Waals surface area contributed by atoms with Crippen molar-refractivity contribution in [1.82, 2.24) is 10.3 Å². The Labute approximate surface area is 108 Å². The van der Waals surface area contributed by atoms with Crippen LogP contribution in [0.5, 0.6) is 0 Å². The van der Waals surface area contributed by atoms with Crippen LogP contribution in [-0.4, -0.2) is 16.9 Å². The van der Waals surface area contributed by atoms with Crippen LogP contribution in [0, 0.1) is 5.92 Å². The zero-order chi connectivity index (χ0) is 13.0. The number of hydrogen-bond acceptors (Lipinski definition) is 3. The predicted octanol–water partition coefficient (Wildman–Crippen LogP) is 2.36. The quantitative estimate of drug-likeness (QED) is 0.788. The van der Waals surface area contributed by atoms with E-state index in [0.717, 1.165) is 18.8 Å². The van der Waals surface area contributed by atoms with Crippen LogP contribution >= 0.6 is 0 Å². The van der Waals surface area contributed by atoms with Gasteiger partial charge in [0.05, 0.1) is 5.56 Å². The molecule has 2 unspecified atom stereocenters. The molecule has 1 heterocycles. The molecule has 0 radical (unpaired) electrons. The highest BCUT2D eigenvalue weighted by Gasteiger charge is 2.18. The topological polar surface area (TPSA) is 68.0 Å². The Hall–Kier alpha value is -1.58. The third kappa shape index (κ3) is 3.45. The highest BCUT2D eigenvalue weighted by Crippen LogP contribution is 2.22. The van der Waals surface area contributed by atoms with Gasteiger partial charge in [0.25, 0.3) is 5.91 Å². The molecular formula is C14H21N3O. The molecule has 0 aliphatic heterocycles. The lowest BCUT2D eigenvalue weighted by molar-refractivity contribution is 0.0933. The summed E-state index contributed by atoms with van der Waals surface area (Å²) in [6, 6.07) is 3.68. The first-order valence-electron chi connectivity index (χ1n) is 6.67. The van der Waals surface area contributed by atoms with E-state index in [-0.39, 0.29) is 5.91 Å². The van der Waals surface area contributed by atoms with Crippen molar-refractivity contribution in [1.29, 1.82) is 0 Å². The van der Waals surface area contributed by atoms with Crippen LogP contribution in [0.25, 0.3) is 0 Å². The fourth-order valence-electron chi connectivity index (χ4n) is 2.44. The number of amides is 1. The molecule has 1 aromatic rings. The maximum atomic E-state index is 12.0. The number of hydrogen-bond donors (Lipinski definition) is 2. The van der Waals surface area contributed by atoms with Gasteiger partial charge in [-0.25, -0.2) is 4.98 Å². The summed E-state index contributed by atoms with van der Waals surface area (Å²) in [5.74, 6) is 1.18. The number of nitrogens with one attached hydrogen (secondary N) is 1. The molecule has 0 spiro atoms. The summed E-state index contributed by atoms with van der Waals surface area (Å²) >= 11 is 0. The minimum atomic E-state index is -0.0398. The van der Waals surface area contributed by atoms with E-state index in [1.165, 1.54) is 25.5 Å². The molecular weight excluding hydrogens is 226 g/mol. The second-order valence-corrected chi connectivity index (χ2v) is 5.26. The molecule has 1 amide bonds. The molecule has 2 rings (SSSR count). The summed E-state index contributed by atoms with van der Waals surface area (Å²) in [5.41, 5.74) is 6.09. The Morgan fingerprint density at radius 1 is 1.33 bits per heavy atom. The normalized spacial score (nSPS) is 24.3. The van der Waals surface area contributed by atoms with Gasteiger partial charge in [-0.2, -0.15) is 0 Å².